The molecule has 11 heteroatoms. The average Bonchev–Trinajstić information content (AvgIpc) is 3.24. The summed E-state index contributed by atoms with van der Waals surface area (Å²) < 4.78 is 56.6. The standard InChI is InChI=1S/C27H29F3N2O5S/c1-15(17-8-6-7-9-18(17)27(28,29)30)37-21-13-22(38-23(21)24(33)35-5)32-20-12-16(10-11-19(20)31)14-36-25(34)26(2,3)4/h6-13,15,32H,14,31H2,1-5H3. The van der Waals surface area contributed by atoms with Crippen LogP contribution in [0.15, 0.2) is 48.5 Å². The van der Waals surface area contributed by atoms with E-state index in [1.807, 2.05) is 0 Å². The maximum atomic E-state index is 13.5. The van der Waals surface area contributed by atoms with Gasteiger partial charge in [0.2, 0.25) is 0 Å². The molecule has 0 saturated heterocycles. The Balaban J connectivity index is 1.86. The number of halogens is 3. The van der Waals surface area contributed by atoms with Gasteiger partial charge in [-0.25, -0.2) is 4.79 Å². The van der Waals surface area contributed by atoms with Crippen molar-refractivity contribution in [1.82, 2.24) is 0 Å². The molecular formula is C27H29F3N2O5S. The van der Waals surface area contributed by atoms with Crippen LogP contribution in [0.3, 0.4) is 0 Å². The molecule has 1 heterocycles. The normalized spacial score (nSPS) is 12.5. The second kappa shape index (κ2) is 11.3. The van der Waals surface area contributed by atoms with E-state index >= 15 is 0 Å². The summed E-state index contributed by atoms with van der Waals surface area (Å²) in [6.45, 7) is 6.76. The zero-order chi connectivity index (χ0) is 28.3. The Morgan fingerprint density at radius 1 is 1.08 bits per heavy atom. The Morgan fingerprint density at radius 3 is 2.39 bits per heavy atom. The van der Waals surface area contributed by atoms with E-state index in [-0.39, 0.29) is 28.8 Å². The van der Waals surface area contributed by atoms with E-state index in [1.165, 1.54) is 38.3 Å². The van der Waals surface area contributed by atoms with Crippen molar-refractivity contribution < 1.29 is 37.0 Å². The molecule has 204 valence electrons. The summed E-state index contributed by atoms with van der Waals surface area (Å²) in [4.78, 5) is 24.6. The Morgan fingerprint density at radius 2 is 1.76 bits per heavy atom. The molecule has 38 heavy (non-hydrogen) atoms. The number of benzene rings is 2. The van der Waals surface area contributed by atoms with E-state index in [4.69, 9.17) is 19.9 Å². The fourth-order valence-corrected chi connectivity index (χ4v) is 4.34. The first-order valence-electron chi connectivity index (χ1n) is 11.6. The fraction of sp³-hybridized carbons (Fsp3) is 0.333. The van der Waals surface area contributed by atoms with Gasteiger partial charge in [0.05, 0.1) is 34.5 Å². The highest BCUT2D eigenvalue weighted by Gasteiger charge is 2.35. The number of hydrogen-bond donors (Lipinski definition) is 2. The van der Waals surface area contributed by atoms with Crippen LogP contribution in [0.25, 0.3) is 0 Å². The van der Waals surface area contributed by atoms with Crippen molar-refractivity contribution in [3.05, 3.63) is 70.1 Å². The Hall–Kier alpha value is -3.73. The number of rotatable bonds is 8. The minimum Gasteiger partial charge on any atom is -0.484 e. The van der Waals surface area contributed by atoms with Crippen molar-refractivity contribution >= 4 is 39.7 Å². The second-order valence-electron chi connectivity index (χ2n) is 9.51. The summed E-state index contributed by atoms with van der Waals surface area (Å²) in [5.41, 5.74) is 6.12. The van der Waals surface area contributed by atoms with Crippen molar-refractivity contribution in [3.8, 4) is 5.75 Å². The predicted octanol–water partition coefficient (Wildman–Crippen LogP) is 7.11. The van der Waals surface area contributed by atoms with Crippen LogP contribution in [0.4, 0.5) is 29.5 Å². The van der Waals surface area contributed by atoms with Crippen molar-refractivity contribution in [1.29, 1.82) is 0 Å². The molecule has 3 rings (SSSR count). The predicted molar refractivity (Wildman–Crippen MR) is 140 cm³/mol. The molecule has 7 nitrogen and oxygen atoms in total. The highest BCUT2D eigenvalue weighted by molar-refractivity contribution is 7.18. The summed E-state index contributed by atoms with van der Waals surface area (Å²) in [5.74, 6) is -0.999. The monoisotopic (exact) mass is 550 g/mol. The average molecular weight is 551 g/mol. The smallest absolute Gasteiger partial charge is 0.416 e. The Labute approximate surface area is 222 Å². The summed E-state index contributed by atoms with van der Waals surface area (Å²) in [6, 6.07) is 11.7. The van der Waals surface area contributed by atoms with Crippen LogP contribution in [-0.4, -0.2) is 19.0 Å². The maximum absolute atomic E-state index is 13.5. The topological polar surface area (TPSA) is 99.9 Å². The number of hydrogen-bond acceptors (Lipinski definition) is 8. The third kappa shape index (κ3) is 6.97. The van der Waals surface area contributed by atoms with Gasteiger partial charge in [0, 0.05) is 11.6 Å². The van der Waals surface area contributed by atoms with Crippen LogP contribution < -0.4 is 15.8 Å². The third-order valence-corrected chi connectivity index (χ3v) is 6.45. The Kier molecular flexibility index (Phi) is 8.61. The van der Waals surface area contributed by atoms with Crippen molar-refractivity contribution in [2.24, 2.45) is 5.41 Å². The number of alkyl halides is 3. The van der Waals surface area contributed by atoms with Crippen LogP contribution in [-0.2, 0) is 27.1 Å². The molecule has 0 aliphatic rings. The number of carbonyl (C=O) groups excluding carboxylic acids is 2. The second-order valence-corrected chi connectivity index (χ2v) is 10.6. The van der Waals surface area contributed by atoms with E-state index in [0.717, 1.165) is 17.4 Å². The van der Waals surface area contributed by atoms with Crippen LogP contribution in [0.1, 0.15) is 60.2 Å². The number of nitrogens with one attached hydrogen (secondary N) is 1. The number of methoxy groups -OCH3 is 1. The van der Waals surface area contributed by atoms with E-state index in [0.29, 0.717) is 21.9 Å². The molecule has 3 aromatic rings. The molecule has 1 unspecified atom stereocenters. The molecule has 0 fully saturated rings. The maximum Gasteiger partial charge on any atom is 0.416 e. The molecule has 1 atom stereocenters. The lowest BCUT2D eigenvalue weighted by Crippen LogP contribution is -2.22. The number of nitrogens with two attached hydrogens (primary N) is 1. The van der Waals surface area contributed by atoms with E-state index < -0.39 is 29.2 Å². The van der Waals surface area contributed by atoms with Crippen molar-refractivity contribution in [3.63, 3.8) is 0 Å². The van der Waals surface area contributed by atoms with E-state index in [9.17, 15) is 22.8 Å². The van der Waals surface area contributed by atoms with Gasteiger partial charge in [-0.05, 0) is 51.5 Å². The number of ether oxygens (including phenoxy) is 3. The first kappa shape index (κ1) is 28.8. The molecule has 0 bridgehead atoms. The molecule has 1 aromatic heterocycles. The van der Waals surface area contributed by atoms with E-state index in [1.54, 1.807) is 39.0 Å². The number of carbonyl (C=O) groups is 2. The van der Waals surface area contributed by atoms with Gasteiger partial charge in [0.15, 0.2) is 4.88 Å². The minimum atomic E-state index is -4.56. The molecule has 0 aliphatic carbocycles. The van der Waals surface area contributed by atoms with Gasteiger partial charge in [-0.3, -0.25) is 4.79 Å². The van der Waals surface area contributed by atoms with Crippen LogP contribution in [0, 0.1) is 5.41 Å². The number of thiophene rings is 1. The third-order valence-electron chi connectivity index (χ3n) is 5.43. The largest absolute Gasteiger partial charge is 0.484 e. The minimum absolute atomic E-state index is 0.0351. The van der Waals surface area contributed by atoms with Crippen LogP contribution >= 0.6 is 11.3 Å². The SMILES string of the molecule is COC(=O)c1sc(Nc2cc(COC(=O)C(C)(C)C)ccc2N)cc1OC(C)c1ccccc1C(F)(F)F. The van der Waals surface area contributed by atoms with Crippen LogP contribution in [0.2, 0.25) is 0 Å². The Bertz CT molecular complexity index is 1310. The molecule has 0 radical (unpaired) electrons. The van der Waals surface area contributed by atoms with Crippen molar-refractivity contribution in [2.75, 3.05) is 18.2 Å². The van der Waals surface area contributed by atoms with Crippen molar-refractivity contribution in [2.45, 2.75) is 46.6 Å². The van der Waals surface area contributed by atoms with Gasteiger partial charge in [-0.15, -0.1) is 11.3 Å². The van der Waals surface area contributed by atoms with Gasteiger partial charge in [-0.1, -0.05) is 24.3 Å². The summed E-state index contributed by atoms with van der Waals surface area (Å²) >= 11 is 0.996. The van der Waals surface area contributed by atoms with Gasteiger partial charge >= 0.3 is 18.1 Å². The quantitative estimate of drug-likeness (QED) is 0.228. The first-order valence-corrected chi connectivity index (χ1v) is 12.4. The highest BCUT2D eigenvalue weighted by Crippen LogP contribution is 2.41. The zero-order valence-corrected chi connectivity index (χ0v) is 22.4. The lowest BCUT2D eigenvalue weighted by Gasteiger charge is -2.19. The molecule has 0 aliphatic heterocycles. The lowest BCUT2D eigenvalue weighted by atomic mass is 9.97. The highest BCUT2D eigenvalue weighted by atomic mass is 32.1. The van der Waals surface area contributed by atoms with Crippen LogP contribution in [0.5, 0.6) is 5.75 Å². The molecule has 3 N–H and O–H groups in total. The molecular weight excluding hydrogens is 521 g/mol. The summed E-state index contributed by atoms with van der Waals surface area (Å²) in [5, 5.41) is 3.54. The number of anilines is 3. The summed E-state index contributed by atoms with van der Waals surface area (Å²) in [7, 11) is 1.20. The van der Waals surface area contributed by atoms with Gasteiger partial charge in [-0.2, -0.15) is 13.2 Å². The number of nitrogen functional groups attached to an aromatic ring is 1. The van der Waals surface area contributed by atoms with Gasteiger partial charge in [0.1, 0.15) is 18.5 Å². The molecule has 0 saturated carbocycles. The van der Waals surface area contributed by atoms with Gasteiger partial charge < -0.3 is 25.3 Å². The first-order chi connectivity index (χ1) is 17.7. The molecule has 2 aromatic carbocycles. The van der Waals surface area contributed by atoms with Gasteiger partial charge in [0.25, 0.3) is 0 Å². The lowest BCUT2D eigenvalue weighted by molar-refractivity contribution is -0.154. The summed E-state index contributed by atoms with van der Waals surface area (Å²) in [6.07, 6.45) is -5.59. The molecule has 0 amide bonds. The molecule has 0 spiro atoms. The van der Waals surface area contributed by atoms with E-state index in [2.05, 4.69) is 5.32 Å². The fourth-order valence-electron chi connectivity index (χ4n) is 3.42. The zero-order valence-electron chi connectivity index (χ0n) is 21.6. The number of esters is 2.